The summed E-state index contributed by atoms with van der Waals surface area (Å²) in [6.45, 7) is 4.14. The number of hydrogen-bond acceptors (Lipinski definition) is 7. The van der Waals surface area contributed by atoms with Crippen molar-refractivity contribution in [2.24, 2.45) is 0 Å². The standard InChI is InChI=1S/C24H24N2O5S/c1-4-30-23(28)22-16(2)25-24(32-22)26-21(27)13-11-17-10-12-19(20(14-17)29-3)31-15-18-8-6-5-7-9-18/h5-14H,4,15H2,1-3H3,(H,25,26,27)/b13-11+. The zero-order valence-electron chi connectivity index (χ0n) is 18.1. The van der Waals surface area contributed by atoms with Crippen molar-refractivity contribution in [3.8, 4) is 11.5 Å². The maximum atomic E-state index is 12.3. The van der Waals surface area contributed by atoms with E-state index >= 15 is 0 Å². The van der Waals surface area contributed by atoms with E-state index in [9.17, 15) is 9.59 Å². The third kappa shape index (κ3) is 6.18. The van der Waals surface area contributed by atoms with Crippen molar-refractivity contribution < 1.29 is 23.8 Å². The van der Waals surface area contributed by atoms with Crippen molar-refractivity contribution in [2.75, 3.05) is 19.0 Å². The van der Waals surface area contributed by atoms with E-state index in [1.165, 1.54) is 6.08 Å². The Morgan fingerprint density at radius 3 is 2.62 bits per heavy atom. The average Bonchev–Trinajstić information content (AvgIpc) is 3.17. The second-order valence-electron chi connectivity index (χ2n) is 6.66. The van der Waals surface area contributed by atoms with Gasteiger partial charge >= 0.3 is 5.97 Å². The number of aromatic nitrogens is 1. The van der Waals surface area contributed by atoms with Crippen LogP contribution in [0.1, 0.15) is 33.4 Å². The number of aryl methyl sites for hydroxylation is 1. The number of carbonyl (C=O) groups is 2. The molecule has 1 aromatic heterocycles. The molecule has 1 amide bonds. The van der Waals surface area contributed by atoms with Gasteiger partial charge in [0.1, 0.15) is 11.5 Å². The number of nitrogens with one attached hydrogen (secondary N) is 1. The van der Waals surface area contributed by atoms with Gasteiger partial charge in [0.25, 0.3) is 0 Å². The number of methoxy groups -OCH3 is 1. The monoisotopic (exact) mass is 452 g/mol. The fourth-order valence-electron chi connectivity index (χ4n) is 2.80. The molecule has 0 radical (unpaired) electrons. The van der Waals surface area contributed by atoms with Crippen LogP contribution in [0, 0.1) is 6.92 Å². The summed E-state index contributed by atoms with van der Waals surface area (Å²) in [5, 5.41) is 3.00. The highest BCUT2D eigenvalue weighted by molar-refractivity contribution is 7.17. The molecule has 0 fully saturated rings. The van der Waals surface area contributed by atoms with E-state index in [0.29, 0.717) is 33.8 Å². The minimum atomic E-state index is -0.444. The van der Waals surface area contributed by atoms with E-state index in [2.05, 4.69) is 10.3 Å². The summed E-state index contributed by atoms with van der Waals surface area (Å²) in [6.07, 6.45) is 3.05. The van der Waals surface area contributed by atoms with Crippen LogP contribution in [0.5, 0.6) is 11.5 Å². The summed E-state index contributed by atoms with van der Waals surface area (Å²) in [5.41, 5.74) is 2.34. The Hall–Kier alpha value is -3.65. The number of rotatable bonds is 9. The first-order valence-corrected chi connectivity index (χ1v) is 10.8. The minimum Gasteiger partial charge on any atom is -0.493 e. The van der Waals surface area contributed by atoms with Crippen LogP contribution in [-0.4, -0.2) is 30.6 Å². The smallest absolute Gasteiger partial charge is 0.350 e. The second-order valence-corrected chi connectivity index (χ2v) is 7.66. The van der Waals surface area contributed by atoms with Gasteiger partial charge in [0, 0.05) is 6.08 Å². The minimum absolute atomic E-state index is 0.278. The van der Waals surface area contributed by atoms with E-state index in [1.807, 2.05) is 36.4 Å². The van der Waals surface area contributed by atoms with Crippen molar-refractivity contribution in [3.05, 3.63) is 76.3 Å². The molecule has 166 valence electrons. The fraction of sp³-hybridized carbons (Fsp3) is 0.208. The quantitative estimate of drug-likeness (QED) is 0.368. The highest BCUT2D eigenvalue weighted by Gasteiger charge is 2.17. The number of benzene rings is 2. The topological polar surface area (TPSA) is 86.8 Å². The van der Waals surface area contributed by atoms with Crippen molar-refractivity contribution in [1.29, 1.82) is 0 Å². The molecule has 0 bridgehead atoms. The highest BCUT2D eigenvalue weighted by Crippen LogP contribution is 2.29. The van der Waals surface area contributed by atoms with Crippen LogP contribution in [0.25, 0.3) is 6.08 Å². The number of anilines is 1. The molecule has 1 N–H and O–H groups in total. The van der Waals surface area contributed by atoms with Gasteiger partial charge in [-0.15, -0.1) is 0 Å². The SMILES string of the molecule is CCOC(=O)c1sc(NC(=O)/C=C/c2ccc(OCc3ccccc3)c(OC)c2)nc1C. The summed E-state index contributed by atoms with van der Waals surface area (Å²) in [5.74, 6) is 0.374. The first kappa shape index (κ1) is 23.0. The predicted octanol–water partition coefficient (Wildman–Crippen LogP) is 4.87. The molecule has 0 atom stereocenters. The molecule has 0 saturated carbocycles. The number of hydrogen-bond donors (Lipinski definition) is 1. The Bertz CT molecular complexity index is 1110. The maximum absolute atomic E-state index is 12.3. The predicted molar refractivity (Wildman–Crippen MR) is 124 cm³/mol. The summed E-state index contributed by atoms with van der Waals surface area (Å²) in [4.78, 5) is 28.8. The molecule has 0 spiro atoms. The molecule has 8 heteroatoms. The molecule has 32 heavy (non-hydrogen) atoms. The zero-order chi connectivity index (χ0) is 22.9. The van der Waals surface area contributed by atoms with Gasteiger partial charge in [0.2, 0.25) is 5.91 Å². The number of carbonyl (C=O) groups excluding carboxylic acids is 2. The molecule has 3 rings (SSSR count). The molecule has 0 saturated heterocycles. The van der Waals surface area contributed by atoms with Gasteiger partial charge in [-0.1, -0.05) is 47.7 Å². The summed E-state index contributed by atoms with van der Waals surface area (Å²) >= 11 is 1.08. The van der Waals surface area contributed by atoms with Crippen LogP contribution < -0.4 is 14.8 Å². The molecule has 7 nitrogen and oxygen atoms in total. The first-order chi connectivity index (χ1) is 15.5. The van der Waals surface area contributed by atoms with E-state index < -0.39 is 5.97 Å². The zero-order valence-corrected chi connectivity index (χ0v) is 18.9. The Morgan fingerprint density at radius 2 is 1.91 bits per heavy atom. The number of thiazole rings is 1. The Morgan fingerprint density at radius 1 is 1.12 bits per heavy atom. The maximum Gasteiger partial charge on any atom is 0.350 e. The van der Waals surface area contributed by atoms with E-state index in [4.69, 9.17) is 14.2 Å². The molecule has 2 aromatic carbocycles. The molecular formula is C24H24N2O5S. The van der Waals surface area contributed by atoms with Crippen LogP contribution in [0.15, 0.2) is 54.6 Å². The lowest BCUT2D eigenvalue weighted by molar-refractivity contribution is -0.111. The third-order valence-electron chi connectivity index (χ3n) is 4.34. The third-order valence-corrected chi connectivity index (χ3v) is 5.39. The van der Waals surface area contributed by atoms with E-state index in [1.54, 1.807) is 39.2 Å². The van der Waals surface area contributed by atoms with Gasteiger partial charge in [-0.2, -0.15) is 0 Å². The lowest BCUT2D eigenvalue weighted by atomic mass is 10.2. The van der Waals surface area contributed by atoms with Crippen molar-refractivity contribution in [2.45, 2.75) is 20.5 Å². The van der Waals surface area contributed by atoms with E-state index in [-0.39, 0.29) is 12.5 Å². The number of amides is 1. The number of esters is 1. The van der Waals surface area contributed by atoms with Gasteiger partial charge in [0.05, 0.1) is 19.4 Å². The van der Waals surface area contributed by atoms with Crippen molar-refractivity contribution in [1.82, 2.24) is 4.98 Å². The average molecular weight is 453 g/mol. The molecule has 1 heterocycles. The Kier molecular flexibility index (Phi) is 7.99. The second kappa shape index (κ2) is 11.1. The normalized spacial score (nSPS) is 10.7. The van der Waals surface area contributed by atoms with Gasteiger partial charge < -0.3 is 14.2 Å². The lowest BCUT2D eigenvalue weighted by Gasteiger charge is -2.11. The number of ether oxygens (including phenoxy) is 3. The van der Waals surface area contributed by atoms with Crippen molar-refractivity contribution >= 4 is 34.4 Å². The van der Waals surface area contributed by atoms with E-state index in [0.717, 1.165) is 22.5 Å². The highest BCUT2D eigenvalue weighted by atomic mass is 32.1. The summed E-state index contributed by atoms with van der Waals surface area (Å²) < 4.78 is 16.3. The summed E-state index contributed by atoms with van der Waals surface area (Å²) in [7, 11) is 1.57. The van der Waals surface area contributed by atoms with Crippen LogP contribution in [0.4, 0.5) is 5.13 Å². The van der Waals surface area contributed by atoms with Crippen molar-refractivity contribution in [3.63, 3.8) is 0 Å². The molecule has 0 aliphatic heterocycles. The molecule has 0 aliphatic rings. The van der Waals surface area contributed by atoms with Gasteiger partial charge in [-0.25, -0.2) is 9.78 Å². The molecule has 0 aliphatic carbocycles. The van der Waals surface area contributed by atoms with Crippen LogP contribution in [-0.2, 0) is 16.1 Å². The number of nitrogens with zero attached hydrogens (tertiary/aromatic N) is 1. The van der Waals surface area contributed by atoms with Gasteiger partial charge in [-0.05, 0) is 43.2 Å². The van der Waals surface area contributed by atoms with Crippen LogP contribution in [0.3, 0.4) is 0 Å². The van der Waals surface area contributed by atoms with Gasteiger partial charge in [0.15, 0.2) is 16.6 Å². The lowest BCUT2D eigenvalue weighted by Crippen LogP contribution is -2.07. The van der Waals surface area contributed by atoms with Crippen LogP contribution >= 0.6 is 11.3 Å². The largest absolute Gasteiger partial charge is 0.493 e. The first-order valence-electron chi connectivity index (χ1n) is 9.98. The Balaban J connectivity index is 1.62. The summed E-state index contributed by atoms with van der Waals surface area (Å²) in [6, 6.07) is 15.3. The van der Waals surface area contributed by atoms with Gasteiger partial charge in [-0.3, -0.25) is 10.1 Å². The Labute approximate surface area is 190 Å². The molecule has 0 unspecified atom stereocenters. The van der Waals surface area contributed by atoms with Crippen LogP contribution in [0.2, 0.25) is 0 Å². The fourth-order valence-corrected chi connectivity index (χ4v) is 3.66. The molecule has 3 aromatic rings. The molecular weight excluding hydrogens is 428 g/mol.